The summed E-state index contributed by atoms with van der Waals surface area (Å²) in [6.07, 6.45) is 2.51. The third kappa shape index (κ3) is 7.24. The minimum absolute atomic E-state index is 0.145. The number of hydrogen-bond acceptors (Lipinski definition) is 3. The van der Waals surface area contributed by atoms with E-state index in [0.29, 0.717) is 36.0 Å². The Balaban J connectivity index is 1.76. The second-order valence-electron chi connectivity index (χ2n) is 9.25. The lowest BCUT2D eigenvalue weighted by atomic mass is 9.95. The Morgan fingerprint density at radius 1 is 1.09 bits per heavy atom. The average molecular weight is 489 g/mol. The molecule has 0 saturated heterocycles. The van der Waals surface area contributed by atoms with Crippen molar-refractivity contribution in [1.29, 1.82) is 0 Å². The summed E-state index contributed by atoms with van der Waals surface area (Å²) in [6.45, 7) is 8.44. The fourth-order valence-corrected chi connectivity index (χ4v) is 4.08. The number of ether oxygens (including phenoxy) is 1. The molecule has 1 heterocycles. The molecule has 0 saturated carbocycles. The van der Waals surface area contributed by atoms with Crippen LogP contribution < -0.4 is 5.32 Å². The minimum atomic E-state index is -0.746. The highest BCUT2D eigenvalue weighted by atomic mass is 35.5. The molecule has 1 N–H and O–H groups in total. The van der Waals surface area contributed by atoms with Gasteiger partial charge in [0.25, 0.3) is 0 Å². The van der Waals surface area contributed by atoms with Crippen molar-refractivity contribution in [1.82, 2.24) is 10.2 Å². The summed E-state index contributed by atoms with van der Waals surface area (Å²) in [5, 5.41) is 4.08. The molecule has 0 fully saturated rings. The highest BCUT2D eigenvalue weighted by molar-refractivity contribution is 6.31. The molecule has 1 aliphatic rings. The van der Waals surface area contributed by atoms with Gasteiger partial charge in [0.2, 0.25) is 5.91 Å². The van der Waals surface area contributed by atoms with Crippen LogP contribution in [0.25, 0.3) is 5.57 Å². The van der Waals surface area contributed by atoms with Crippen molar-refractivity contribution in [2.24, 2.45) is 0 Å². The third-order valence-corrected chi connectivity index (χ3v) is 5.90. The van der Waals surface area contributed by atoms with Crippen molar-refractivity contribution in [3.8, 4) is 0 Å². The second kappa shape index (κ2) is 10.6. The molecule has 5 nitrogen and oxygen atoms in total. The van der Waals surface area contributed by atoms with Crippen molar-refractivity contribution in [2.45, 2.75) is 52.2 Å². The molecule has 7 heteroatoms. The number of carbonyl (C=O) groups excluding carboxylic acids is 2. The van der Waals surface area contributed by atoms with E-state index in [4.69, 9.17) is 27.9 Å². The van der Waals surface area contributed by atoms with Crippen LogP contribution in [-0.4, -0.2) is 41.6 Å². The Morgan fingerprint density at radius 2 is 1.76 bits per heavy atom. The van der Waals surface area contributed by atoms with E-state index in [1.165, 1.54) is 5.57 Å². The van der Waals surface area contributed by atoms with E-state index in [2.05, 4.69) is 18.3 Å². The van der Waals surface area contributed by atoms with Gasteiger partial charge in [-0.15, -0.1) is 0 Å². The Hall–Kier alpha value is -2.50. The van der Waals surface area contributed by atoms with Gasteiger partial charge >= 0.3 is 6.09 Å². The van der Waals surface area contributed by atoms with Crippen LogP contribution in [0.15, 0.2) is 48.5 Å². The smallest absolute Gasteiger partial charge is 0.408 e. The standard InChI is InChI=1S/C26H30Cl2N2O3/c1-17-5-8-21(28)16-22(17)19-11-13-30(14-12-19)24(31)23(29-25(32)33-26(2,3)4)15-18-6-9-20(27)10-7-18/h5-11,16,23H,12-15H2,1-4H3,(H,29,32). The number of benzene rings is 2. The third-order valence-electron chi connectivity index (χ3n) is 5.41. The molecule has 0 spiro atoms. The number of rotatable bonds is 5. The largest absolute Gasteiger partial charge is 0.444 e. The van der Waals surface area contributed by atoms with Crippen LogP contribution in [0.4, 0.5) is 4.79 Å². The lowest BCUT2D eigenvalue weighted by Crippen LogP contribution is -2.51. The van der Waals surface area contributed by atoms with Gasteiger partial charge in [0.15, 0.2) is 0 Å². The summed E-state index contributed by atoms with van der Waals surface area (Å²) < 4.78 is 5.40. The Kier molecular flexibility index (Phi) is 8.09. The number of halogens is 2. The highest BCUT2D eigenvalue weighted by Crippen LogP contribution is 2.28. The van der Waals surface area contributed by atoms with Gasteiger partial charge in [0, 0.05) is 29.6 Å². The maximum Gasteiger partial charge on any atom is 0.408 e. The minimum Gasteiger partial charge on any atom is -0.444 e. The topological polar surface area (TPSA) is 58.6 Å². The maximum absolute atomic E-state index is 13.4. The molecule has 1 aliphatic heterocycles. The van der Waals surface area contributed by atoms with Crippen molar-refractivity contribution in [2.75, 3.05) is 13.1 Å². The van der Waals surface area contributed by atoms with E-state index in [0.717, 1.165) is 16.7 Å². The molecule has 3 rings (SSSR count). The van der Waals surface area contributed by atoms with E-state index in [-0.39, 0.29) is 5.91 Å². The molecule has 2 amide bonds. The fourth-order valence-electron chi connectivity index (χ4n) is 3.78. The molecule has 0 bridgehead atoms. The van der Waals surface area contributed by atoms with Gasteiger partial charge in [0.05, 0.1) is 0 Å². The van der Waals surface area contributed by atoms with E-state index in [1.807, 2.05) is 30.3 Å². The number of nitrogens with zero attached hydrogens (tertiary/aromatic N) is 1. The van der Waals surface area contributed by atoms with E-state index in [9.17, 15) is 9.59 Å². The zero-order valence-corrected chi connectivity index (χ0v) is 21.0. The molecule has 0 aromatic heterocycles. The number of hydrogen-bond donors (Lipinski definition) is 1. The number of alkyl carbamates (subject to hydrolysis) is 1. The normalized spacial score (nSPS) is 15.0. The zero-order chi connectivity index (χ0) is 24.2. The Morgan fingerprint density at radius 3 is 2.36 bits per heavy atom. The summed E-state index contributed by atoms with van der Waals surface area (Å²) in [7, 11) is 0. The molecule has 2 aromatic rings. The van der Waals surface area contributed by atoms with Crippen molar-refractivity contribution in [3.63, 3.8) is 0 Å². The quantitative estimate of drug-likeness (QED) is 0.556. The summed E-state index contributed by atoms with van der Waals surface area (Å²) >= 11 is 12.2. The first kappa shape index (κ1) is 25.1. The molecule has 1 atom stereocenters. The number of carbonyl (C=O) groups is 2. The number of nitrogens with one attached hydrogen (secondary N) is 1. The van der Waals surface area contributed by atoms with Gasteiger partial charge < -0.3 is 15.0 Å². The van der Waals surface area contributed by atoms with E-state index < -0.39 is 17.7 Å². The van der Waals surface area contributed by atoms with E-state index in [1.54, 1.807) is 37.8 Å². The molecule has 33 heavy (non-hydrogen) atoms. The molecule has 1 unspecified atom stereocenters. The SMILES string of the molecule is Cc1ccc(Cl)cc1C1=CCN(C(=O)C(Cc2ccc(Cl)cc2)NC(=O)OC(C)(C)C)CC1. The lowest BCUT2D eigenvalue weighted by molar-refractivity contribution is -0.133. The maximum atomic E-state index is 13.4. The van der Waals surface area contributed by atoms with Crippen LogP contribution in [0.2, 0.25) is 10.0 Å². The average Bonchev–Trinajstić information content (AvgIpc) is 2.75. The van der Waals surface area contributed by atoms with Crippen LogP contribution >= 0.6 is 23.2 Å². The van der Waals surface area contributed by atoms with Gasteiger partial charge in [-0.05, 0) is 80.6 Å². The van der Waals surface area contributed by atoms with Crippen LogP contribution in [0.3, 0.4) is 0 Å². The van der Waals surface area contributed by atoms with Gasteiger partial charge in [-0.25, -0.2) is 4.79 Å². The van der Waals surface area contributed by atoms with Crippen LogP contribution in [0.5, 0.6) is 0 Å². The molecular formula is C26H30Cl2N2O3. The van der Waals surface area contributed by atoms with Crippen LogP contribution in [-0.2, 0) is 16.0 Å². The number of amides is 2. The monoisotopic (exact) mass is 488 g/mol. The molecule has 2 aromatic carbocycles. The van der Waals surface area contributed by atoms with Gasteiger partial charge in [-0.1, -0.05) is 47.5 Å². The summed E-state index contributed by atoms with van der Waals surface area (Å²) in [4.78, 5) is 27.6. The lowest BCUT2D eigenvalue weighted by Gasteiger charge is -2.31. The molecule has 0 radical (unpaired) electrons. The molecule has 0 aliphatic carbocycles. The van der Waals surface area contributed by atoms with Crippen LogP contribution in [0, 0.1) is 6.92 Å². The summed E-state index contributed by atoms with van der Waals surface area (Å²) in [5.41, 5.74) is 3.68. The predicted octanol–water partition coefficient (Wildman–Crippen LogP) is 6.05. The highest BCUT2D eigenvalue weighted by Gasteiger charge is 2.29. The van der Waals surface area contributed by atoms with Gasteiger partial charge in [-0.2, -0.15) is 0 Å². The number of aryl methyl sites for hydroxylation is 1. The molecule has 176 valence electrons. The summed E-state index contributed by atoms with van der Waals surface area (Å²) in [6, 6.07) is 12.4. The van der Waals surface area contributed by atoms with Crippen molar-refractivity contribution < 1.29 is 14.3 Å². The summed E-state index contributed by atoms with van der Waals surface area (Å²) in [5.74, 6) is -0.145. The van der Waals surface area contributed by atoms with Gasteiger partial charge in [0.1, 0.15) is 11.6 Å². The first-order chi connectivity index (χ1) is 15.5. The molecular weight excluding hydrogens is 459 g/mol. The van der Waals surface area contributed by atoms with E-state index >= 15 is 0 Å². The Bertz CT molecular complexity index is 1040. The predicted molar refractivity (Wildman–Crippen MR) is 134 cm³/mol. The fraction of sp³-hybridized carbons (Fsp3) is 0.385. The first-order valence-electron chi connectivity index (χ1n) is 11.0. The van der Waals surface area contributed by atoms with Crippen molar-refractivity contribution in [3.05, 3.63) is 75.3 Å². The first-order valence-corrected chi connectivity index (χ1v) is 11.8. The second-order valence-corrected chi connectivity index (χ2v) is 10.1. The van der Waals surface area contributed by atoms with Gasteiger partial charge in [-0.3, -0.25) is 4.79 Å². The van der Waals surface area contributed by atoms with Crippen LogP contribution in [0.1, 0.15) is 43.9 Å². The zero-order valence-electron chi connectivity index (χ0n) is 19.5. The Labute approximate surface area is 205 Å². The van der Waals surface area contributed by atoms with Crippen molar-refractivity contribution >= 4 is 40.8 Å².